The zero-order valence-electron chi connectivity index (χ0n) is 21.8. The van der Waals surface area contributed by atoms with E-state index in [-0.39, 0.29) is 34.6 Å². The van der Waals surface area contributed by atoms with E-state index >= 15 is 0 Å². The second kappa shape index (κ2) is 11.4. The maximum absolute atomic E-state index is 13.2. The third kappa shape index (κ3) is 6.28. The molecule has 0 saturated carbocycles. The third-order valence-corrected chi connectivity index (χ3v) is 10.9. The summed E-state index contributed by atoms with van der Waals surface area (Å²) in [6.07, 6.45) is 2.57. The maximum atomic E-state index is 13.2. The molecule has 0 bridgehead atoms. The van der Waals surface area contributed by atoms with Crippen molar-refractivity contribution in [2.75, 3.05) is 39.9 Å². The van der Waals surface area contributed by atoms with E-state index in [1.807, 2.05) is 0 Å². The predicted molar refractivity (Wildman–Crippen MR) is 142 cm³/mol. The fraction of sp³-hybridized carbons (Fsp3) is 0.560. The van der Waals surface area contributed by atoms with E-state index in [9.17, 15) is 21.9 Å². The lowest BCUT2D eigenvalue weighted by Crippen LogP contribution is -2.47. The lowest BCUT2D eigenvalue weighted by molar-refractivity contribution is -0.0312. The first-order valence-corrected chi connectivity index (χ1v) is 15.9. The van der Waals surface area contributed by atoms with Crippen molar-refractivity contribution in [1.82, 2.24) is 24.6 Å². The molecule has 14 heteroatoms. The van der Waals surface area contributed by atoms with E-state index in [4.69, 9.17) is 9.47 Å². The van der Waals surface area contributed by atoms with E-state index in [0.29, 0.717) is 51.4 Å². The van der Waals surface area contributed by atoms with Crippen LogP contribution in [0.15, 0.2) is 46.3 Å². The molecule has 4 N–H and O–H groups in total. The molecule has 2 atom stereocenters. The number of piperidine rings is 1. The molecule has 2 aromatic rings. The summed E-state index contributed by atoms with van der Waals surface area (Å²) in [4.78, 5) is 4.65. The minimum Gasteiger partial charge on any atom is -0.491 e. The number of nitrogens with zero attached hydrogens (tertiary/aromatic N) is 2. The number of fused-ring (bicyclic) bond motifs is 1. The van der Waals surface area contributed by atoms with Crippen LogP contribution in [0, 0.1) is 0 Å². The van der Waals surface area contributed by atoms with Gasteiger partial charge in [0.05, 0.1) is 22.8 Å². The van der Waals surface area contributed by atoms with Crippen LogP contribution < -0.4 is 20.1 Å². The van der Waals surface area contributed by atoms with Gasteiger partial charge in [-0.25, -0.2) is 21.6 Å². The molecule has 1 aromatic carbocycles. The van der Waals surface area contributed by atoms with Crippen molar-refractivity contribution in [3.63, 3.8) is 0 Å². The Bertz CT molecular complexity index is 1400. The quantitative estimate of drug-likeness (QED) is 0.299. The monoisotopic (exact) mass is 581 g/mol. The van der Waals surface area contributed by atoms with Crippen molar-refractivity contribution in [3.8, 4) is 5.75 Å². The lowest BCUT2D eigenvalue weighted by Gasteiger charge is -2.38. The van der Waals surface area contributed by atoms with Gasteiger partial charge in [0.2, 0.25) is 20.0 Å². The van der Waals surface area contributed by atoms with Crippen LogP contribution in [-0.4, -0.2) is 88.9 Å². The summed E-state index contributed by atoms with van der Waals surface area (Å²) in [7, 11) is -5.86. The number of hydrogen-bond acceptors (Lipinski definition) is 10. The van der Waals surface area contributed by atoms with Gasteiger partial charge in [0.25, 0.3) is 0 Å². The van der Waals surface area contributed by atoms with Gasteiger partial charge in [0.15, 0.2) is 0 Å². The van der Waals surface area contributed by atoms with Crippen LogP contribution in [0.5, 0.6) is 5.75 Å². The Morgan fingerprint density at radius 1 is 1.21 bits per heavy atom. The van der Waals surface area contributed by atoms with Gasteiger partial charge in [-0.3, -0.25) is 4.98 Å². The van der Waals surface area contributed by atoms with E-state index in [1.54, 1.807) is 18.2 Å². The molecule has 1 aromatic heterocycles. The van der Waals surface area contributed by atoms with Gasteiger partial charge in [0.1, 0.15) is 23.4 Å². The molecule has 3 aliphatic rings. The fourth-order valence-corrected chi connectivity index (χ4v) is 7.50. The van der Waals surface area contributed by atoms with E-state index in [0.717, 1.165) is 17.7 Å². The van der Waals surface area contributed by atoms with Crippen molar-refractivity contribution in [3.05, 3.63) is 47.8 Å². The summed E-state index contributed by atoms with van der Waals surface area (Å²) >= 11 is 0. The maximum Gasteiger partial charge on any atom is 0.244 e. The van der Waals surface area contributed by atoms with Crippen LogP contribution >= 0.6 is 0 Å². The fourth-order valence-electron chi connectivity index (χ4n) is 5.30. The van der Waals surface area contributed by atoms with Gasteiger partial charge >= 0.3 is 0 Å². The molecule has 3 aliphatic heterocycles. The van der Waals surface area contributed by atoms with E-state index < -0.39 is 26.2 Å². The number of rotatable bonds is 10. The summed E-state index contributed by atoms with van der Waals surface area (Å²) in [5.41, 5.74) is 1.44. The zero-order chi connectivity index (χ0) is 27.7. The number of aromatic nitrogens is 1. The Hall–Kier alpha value is -2.17. The first-order valence-electron chi connectivity index (χ1n) is 13.0. The molecular formula is C25H35N5O7S2. The second-order valence-electron chi connectivity index (χ2n) is 10.2. The molecule has 12 nitrogen and oxygen atoms in total. The molecule has 0 radical (unpaired) electrons. The minimum atomic E-state index is -3.62. The summed E-state index contributed by atoms with van der Waals surface area (Å²) in [6.45, 7) is 2.80. The van der Waals surface area contributed by atoms with Crippen LogP contribution in [0.3, 0.4) is 0 Å². The number of sulfonamides is 2. The van der Waals surface area contributed by atoms with E-state index in [2.05, 4.69) is 20.3 Å². The Morgan fingerprint density at radius 3 is 2.77 bits per heavy atom. The molecule has 0 amide bonds. The van der Waals surface area contributed by atoms with Gasteiger partial charge in [-0.2, -0.15) is 4.31 Å². The predicted octanol–water partition coefficient (Wildman–Crippen LogP) is -0.0654. The topological polar surface area (TPSA) is 159 Å². The van der Waals surface area contributed by atoms with Crippen molar-refractivity contribution in [2.24, 2.45) is 0 Å². The summed E-state index contributed by atoms with van der Waals surface area (Å²) in [6, 6.07) is 7.84. The minimum absolute atomic E-state index is 0.00475. The number of nitrogens with one attached hydrogen (secondary N) is 3. The van der Waals surface area contributed by atoms with Crippen LogP contribution in [0.1, 0.15) is 30.5 Å². The SMILES string of the molecule is CNS(=O)(=O)c1cccc(OCC(O)CNC2COC3(CCN(S(=O)(=O)c4cnc5c(c4)CNC5)CC3)C2)c1. The summed E-state index contributed by atoms with van der Waals surface area (Å²) in [5, 5.41) is 16.9. The van der Waals surface area contributed by atoms with Crippen LogP contribution in [0.4, 0.5) is 0 Å². The van der Waals surface area contributed by atoms with Crippen LogP contribution in [-0.2, 0) is 37.9 Å². The van der Waals surface area contributed by atoms with Crippen molar-refractivity contribution in [2.45, 2.75) is 59.9 Å². The highest BCUT2D eigenvalue weighted by atomic mass is 32.2. The van der Waals surface area contributed by atoms with Gasteiger partial charge in [-0.05, 0) is 50.1 Å². The Morgan fingerprint density at radius 2 is 2.00 bits per heavy atom. The van der Waals surface area contributed by atoms with Gasteiger partial charge in [-0.1, -0.05) is 6.07 Å². The van der Waals surface area contributed by atoms with Crippen molar-refractivity contribution < 1.29 is 31.4 Å². The number of ether oxygens (including phenoxy) is 2. The molecule has 0 aliphatic carbocycles. The summed E-state index contributed by atoms with van der Waals surface area (Å²) < 4.78 is 65.9. The standard InChI is InChI=1S/C25H35N5O7S2/c1-26-38(32,33)22-4-2-3-21(10-22)36-17-20(31)13-28-19-11-25(37-16-19)5-7-30(8-6-25)39(34,35)23-9-18-12-27-15-24(18)29-14-23/h2-4,9-10,14,19-20,26-28,31H,5-8,11-13,15-17H2,1H3. The van der Waals surface area contributed by atoms with Crippen molar-refractivity contribution >= 4 is 20.0 Å². The van der Waals surface area contributed by atoms with Gasteiger partial charge in [0, 0.05) is 51.0 Å². The molecule has 214 valence electrons. The average Bonchev–Trinajstić information content (AvgIpc) is 3.58. The highest BCUT2D eigenvalue weighted by Crippen LogP contribution is 2.37. The first kappa shape index (κ1) is 28.4. The summed E-state index contributed by atoms with van der Waals surface area (Å²) in [5.74, 6) is 0.350. The Balaban J connectivity index is 1.08. The van der Waals surface area contributed by atoms with Crippen molar-refractivity contribution in [1.29, 1.82) is 0 Å². The molecule has 2 fully saturated rings. The number of hydrogen-bond donors (Lipinski definition) is 4. The molecule has 2 unspecified atom stereocenters. The molecule has 39 heavy (non-hydrogen) atoms. The number of benzene rings is 1. The normalized spacial score (nSPS) is 22.2. The van der Waals surface area contributed by atoms with Crippen LogP contribution in [0.25, 0.3) is 0 Å². The molecule has 4 heterocycles. The highest BCUT2D eigenvalue weighted by Gasteiger charge is 2.44. The molecule has 1 spiro atoms. The largest absolute Gasteiger partial charge is 0.491 e. The Kier molecular flexibility index (Phi) is 8.27. The average molecular weight is 582 g/mol. The number of pyridine rings is 1. The van der Waals surface area contributed by atoms with Crippen LogP contribution in [0.2, 0.25) is 0 Å². The van der Waals surface area contributed by atoms with Gasteiger partial charge in [-0.15, -0.1) is 0 Å². The second-order valence-corrected chi connectivity index (χ2v) is 14.1. The van der Waals surface area contributed by atoms with Gasteiger partial charge < -0.3 is 25.2 Å². The third-order valence-electron chi connectivity index (χ3n) is 7.59. The molecule has 5 rings (SSSR count). The number of aliphatic hydroxyl groups excluding tert-OH is 1. The number of aliphatic hydroxyl groups is 1. The first-order chi connectivity index (χ1) is 18.6. The molecular weight excluding hydrogens is 546 g/mol. The highest BCUT2D eigenvalue weighted by molar-refractivity contribution is 7.89. The lowest BCUT2D eigenvalue weighted by atomic mass is 9.88. The molecule has 2 saturated heterocycles. The zero-order valence-corrected chi connectivity index (χ0v) is 23.4. The van der Waals surface area contributed by atoms with E-state index in [1.165, 1.54) is 29.7 Å². The smallest absolute Gasteiger partial charge is 0.244 e. The Labute approximate surface area is 229 Å².